The summed E-state index contributed by atoms with van der Waals surface area (Å²) >= 11 is 0. The predicted molar refractivity (Wildman–Crippen MR) is 89.6 cm³/mol. The van der Waals surface area contributed by atoms with Crippen molar-refractivity contribution in [1.29, 1.82) is 0 Å². The van der Waals surface area contributed by atoms with Gasteiger partial charge in [-0.2, -0.15) is 0 Å². The highest BCUT2D eigenvalue weighted by atomic mass is 35.5. The second-order valence-electron chi connectivity index (χ2n) is 5.50. The summed E-state index contributed by atoms with van der Waals surface area (Å²) in [5.74, 6) is -0.417. The van der Waals surface area contributed by atoms with Gasteiger partial charge >= 0.3 is 5.97 Å². The van der Waals surface area contributed by atoms with E-state index in [4.69, 9.17) is 10.5 Å². The summed E-state index contributed by atoms with van der Waals surface area (Å²) in [4.78, 5) is 23.4. The van der Waals surface area contributed by atoms with Gasteiger partial charge in [0.2, 0.25) is 5.91 Å². The second kappa shape index (κ2) is 8.86. The molecule has 0 spiro atoms. The van der Waals surface area contributed by atoms with Crippen LogP contribution in [0.15, 0.2) is 24.3 Å². The molecule has 2 rings (SSSR count). The van der Waals surface area contributed by atoms with E-state index >= 15 is 0 Å². The lowest BCUT2D eigenvalue weighted by Gasteiger charge is -2.31. The third kappa shape index (κ3) is 5.49. The molecule has 0 aromatic heterocycles. The molecule has 1 fully saturated rings. The minimum atomic E-state index is -0.859. The number of nitrogens with one attached hydrogen (secondary N) is 1. The number of anilines is 1. The largest absolute Gasteiger partial charge is 0.469 e. The normalized spacial score (nSPS) is 16.1. The summed E-state index contributed by atoms with van der Waals surface area (Å²) in [7, 11) is 1.37. The smallest absolute Gasteiger partial charge is 0.305 e. The van der Waals surface area contributed by atoms with Crippen molar-refractivity contribution in [3.63, 3.8) is 0 Å². The topological polar surface area (TPSA) is 90.7 Å². The van der Waals surface area contributed by atoms with Crippen LogP contribution in [0.4, 0.5) is 5.69 Å². The standard InChI is InChI=1S/C16H22N2O4.ClH/c1-21-14(19)7-4-12-2-5-13(6-3-12)18-15(20)16(17)8-10-22-11-9-16;/h2-3,5-6H,4,7-11,17H2,1H3,(H,18,20);1H. The number of nitrogens with two attached hydrogens (primary N) is 1. The van der Waals surface area contributed by atoms with Crippen molar-refractivity contribution in [3.05, 3.63) is 29.8 Å². The molecule has 1 amide bonds. The average Bonchev–Trinajstić information content (AvgIpc) is 2.54. The molecule has 1 heterocycles. The summed E-state index contributed by atoms with van der Waals surface area (Å²) in [6, 6.07) is 7.39. The fourth-order valence-electron chi connectivity index (χ4n) is 2.32. The highest BCUT2D eigenvalue weighted by Crippen LogP contribution is 2.20. The molecule has 1 aromatic carbocycles. The number of halogens is 1. The minimum absolute atomic E-state index is 0. The zero-order chi connectivity index (χ0) is 16.0. The predicted octanol–water partition coefficient (Wildman–Crippen LogP) is 1.66. The second-order valence-corrected chi connectivity index (χ2v) is 5.50. The summed E-state index contributed by atoms with van der Waals surface area (Å²) in [5.41, 5.74) is 6.98. The maximum atomic E-state index is 12.3. The van der Waals surface area contributed by atoms with Crippen LogP contribution >= 0.6 is 12.4 Å². The first-order valence-electron chi connectivity index (χ1n) is 7.37. The van der Waals surface area contributed by atoms with Crippen LogP contribution in [0.2, 0.25) is 0 Å². The molecule has 6 nitrogen and oxygen atoms in total. The van der Waals surface area contributed by atoms with Crippen LogP contribution < -0.4 is 11.1 Å². The van der Waals surface area contributed by atoms with Gasteiger partial charge in [0, 0.05) is 25.3 Å². The van der Waals surface area contributed by atoms with E-state index in [1.807, 2.05) is 24.3 Å². The molecule has 1 saturated heterocycles. The number of carbonyl (C=O) groups is 2. The molecule has 128 valence electrons. The molecule has 0 atom stereocenters. The van der Waals surface area contributed by atoms with Crippen molar-refractivity contribution in [3.8, 4) is 0 Å². The summed E-state index contributed by atoms with van der Waals surface area (Å²) in [5, 5.41) is 2.84. The average molecular weight is 343 g/mol. The lowest BCUT2D eigenvalue weighted by molar-refractivity contribution is -0.140. The van der Waals surface area contributed by atoms with E-state index < -0.39 is 5.54 Å². The van der Waals surface area contributed by atoms with Crippen molar-refractivity contribution in [2.75, 3.05) is 25.6 Å². The van der Waals surface area contributed by atoms with Crippen LogP contribution in [0.25, 0.3) is 0 Å². The maximum Gasteiger partial charge on any atom is 0.305 e. The van der Waals surface area contributed by atoms with Gasteiger partial charge in [-0.05, 0) is 37.0 Å². The molecule has 1 aliphatic heterocycles. The van der Waals surface area contributed by atoms with E-state index in [2.05, 4.69) is 10.1 Å². The first kappa shape index (κ1) is 19.4. The van der Waals surface area contributed by atoms with Crippen LogP contribution in [0.3, 0.4) is 0 Å². The molecule has 7 heteroatoms. The third-order valence-electron chi connectivity index (χ3n) is 3.89. The molecule has 3 N–H and O–H groups in total. The van der Waals surface area contributed by atoms with Gasteiger partial charge in [-0.15, -0.1) is 12.4 Å². The molecule has 23 heavy (non-hydrogen) atoms. The Balaban J connectivity index is 0.00000264. The van der Waals surface area contributed by atoms with Crippen LogP contribution in [-0.2, 0) is 25.5 Å². The van der Waals surface area contributed by atoms with Gasteiger partial charge in [0.15, 0.2) is 0 Å². The van der Waals surface area contributed by atoms with Crippen LogP contribution in [0.1, 0.15) is 24.8 Å². The van der Waals surface area contributed by atoms with Gasteiger partial charge in [-0.1, -0.05) is 12.1 Å². The van der Waals surface area contributed by atoms with E-state index in [0.717, 1.165) is 5.56 Å². The van der Waals surface area contributed by atoms with Gasteiger partial charge < -0.3 is 20.5 Å². The molecule has 0 unspecified atom stereocenters. The summed E-state index contributed by atoms with van der Waals surface area (Å²) < 4.78 is 9.85. The van der Waals surface area contributed by atoms with E-state index in [-0.39, 0.29) is 24.3 Å². The number of carbonyl (C=O) groups excluding carboxylic acids is 2. The SMILES string of the molecule is COC(=O)CCc1ccc(NC(=O)C2(N)CCOCC2)cc1.Cl. The molecule has 0 saturated carbocycles. The molecule has 0 radical (unpaired) electrons. The number of benzene rings is 1. The Kier molecular flexibility index (Phi) is 7.48. The van der Waals surface area contributed by atoms with Gasteiger partial charge in [-0.25, -0.2) is 0 Å². The van der Waals surface area contributed by atoms with Crippen molar-refractivity contribution >= 4 is 30.0 Å². The van der Waals surface area contributed by atoms with Crippen LogP contribution in [0, 0.1) is 0 Å². The number of hydrogen-bond acceptors (Lipinski definition) is 5. The number of aryl methyl sites for hydroxylation is 1. The van der Waals surface area contributed by atoms with E-state index in [9.17, 15) is 9.59 Å². The van der Waals surface area contributed by atoms with Crippen molar-refractivity contribution in [2.24, 2.45) is 5.73 Å². The van der Waals surface area contributed by atoms with Crippen molar-refractivity contribution in [1.82, 2.24) is 0 Å². The van der Waals surface area contributed by atoms with E-state index in [0.29, 0.717) is 44.6 Å². The highest BCUT2D eigenvalue weighted by Gasteiger charge is 2.35. The number of esters is 1. The number of ether oxygens (including phenoxy) is 2. The zero-order valence-electron chi connectivity index (χ0n) is 13.2. The molecular formula is C16H23ClN2O4. The fourth-order valence-corrected chi connectivity index (χ4v) is 2.32. The Morgan fingerprint density at radius 3 is 2.43 bits per heavy atom. The quantitative estimate of drug-likeness (QED) is 0.794. The number of hydrogen-bond donors (Lipinski definition) is 2. The van der Waals surface area contributed by atoms with Crippen molar-refractivity contribution in [2.45, 2.75) is 31.2 Å². The summed E-state index contributed by atoms with van der Waals surface area (Å²) in [6.45, 7) is 1.02. The molecule has 0 aliphatic carbocycles. The Morgan fingerprint density at radius 2 is 1.87 bits per heavy atom. The van der Waals surface area contributed by atoms with Gasteiger partial charge in [0.05, 0.1) is 7.11 Å². The molecule has 0 bridgehead atoms. The number of amides is 1. The van der Waals surface area contributed by atoms with Gasteiger partial charge in [-0.3, -0.25) is 9.59 Å². The Bertz CT molecular complexity index is 527. The molecular weight excluding hydrogens is 320 g/mol. The maximum absolute atomic E-state index is 12.3. The number of methoxy groups -OCH3 is 1. The Hall–Kier alpha value is -1.63. The lowest BCUT2D eigenvalue weighted by atomic mass is 9.90. The first-order valence-corrected chi connectivity index (χ1v) is 7.37. The van der Waals surface area contributed by atoms with Crippen LogP contribution in [-0.4, -0.2) is 37.7 Å². The van der Waals surface area contributed by atoms with Crippen molar-refractivity contribution < 1.29 is 19.1 Å². The first-order chi connectivity index (χ1) is 10.5. The van der Waals surface area contributed by atoms with Gasteiger partial charge in [0.1, 0.15) is 5.54 Å². The highest BCUT2D eigenvalue weighted by molar-refractivity contribution is 5.98. The molecule has 1 aliphatic rings. The van der Waals surface area contributed by atoms with E-state index in [1.165, 1.54) is 7.11 Å². The zero-order valence-corrected chi connectivity index (χ0v) is 14.0. The van der Waals surface area contributed by atoms with E-state index in [1.54, 1.807) is 0 Å². The van der Waals surface area contributed by atoms with Crippen LogP contribution in [0.5, 0.6) is 0 Å². The minimum Gasteiger partial charge on any atom is -0.469 e. The van der Waals surface area contributed by atoms with Gasteiger partial charge in [0.25, 0.3) is 0 Å². The fraction of sp³-hybridized carbons (Fsp3) is 0.500. The Morgan fingerprint density at radius 1 is 1.26 bits per heavy atom. The number of rotatable bonds is 5. The lowest BCUT2D eigenvalue weighted by Crippen LogP contribution is -2.54. The monoisotopic (exact) mass is 342 g/mol. The molecule has 1 aromatic rings. The summed E-state index contributed by atoms with van der Waals surface area (Å²) in [6.07, 6.45) is 2.00. The Labute approximate surface area is 142 Å². The third-order valence-corrected chi connectivity index (χ3v) is 3.89.